The summed E-state index contributed by atoms with van der Waals surface area (Å²) in [4.78, 5) is 11.3. The zero-order chi connectivity index (χ0) is 16.2. The van der Waals surface area contributed by atoms with Crippen LogP contribution in [0.1, 0.15) is 16.1 Å². The third-order valence-electron chi connectivity index (χ3n) is 3.21. The third kappa shape index (κ3) is 3.37. The molecule has 0 bridgehead atoms. The van der Waals surface area contributed by atoms with Gasteiger partial charge in [0.05, 0.1) is 11.9 Å². The van der Waals surface area contributed by atoms with E-state index >= 15 is 0 Å². The topological polar surface area (TPSA) is 64.3 Å². The van der Waals surface area contributed by atoms with Crippen molar-refractivity contribution in [1.29, 1.82) is 0 Å². The first kappa shape index (κ1) is 14.8. The number of aromatic carboxylic acids is 1. The van der Waals surface area contributed by atoms with Gasteiger partial charge in [0.25, 0.3) is 0 Å². The van der Waals surface area contributed by atoms with Crippen molar-refractivity contribution in [2.24, 2.45) is 0 Å². The van der Waals surface area contributed by atoms with Gasteiger partial charge in [-0.3, -0.25) is 0 Å². The Labute approximate surface area is 131 Å². The number of aromatic nitrogens is 2. The number of carboxylic acids is 1. The van der Waals surface area contributed by atoms with Gasteiger partial charge in [0.1, 0.15) is 12.4 Å². The van der Waals surface area contributed by atoms with E-state index in [-0.39, 0.29) is 23.9 Å². The summed E-state index contributed by atoms with van der Waals surface area (Å²) >= 11 is 0. The number of hydrogen-bond donors (Lipinski definition) is 1. The average molecular weight is 312 g/mol. The molecule has 0 amide bonds. The van der Waals surface area contributed by atoms with Crippen LogP contribution < -0.4 is 4.74 Å². The molecule has 0 aliphatic rings. The molecule has 0 saturated heterocycles. The van der Waals surface area contributed by atoms with Gasteiger partial charge in [-0.1, -0.05) is 30.3 Å². The number of carboxylic acid groups (broad SMARTS) is 1. The molecule has 116 valence electrons. The van der Waals surface area contributed by atoms with E-state index in [1.54, 1.807) is 0 Å². The van der Waals surface area contributed by atoms with Gasteiger partial charge in [0, 0.05) is 0 Å². The summed E-state index contributed by atoms with van der Waals surface area (Å²) in [5, 5.41) is 13.2. The molecule has 23 heavy (non-hydrogen) atoms. The third-order valence-corrected chi connectivity index (χ3v) is 3.21. The van der Waals surface area contributed by atoms with Crippen LogP contribution in [-0.2, 0) is 6.61 Å². The second-order valence-electron chi connectivity index (χ2n) is 4.84. The lowest BCUT2D eigenvalue weighted by Crippen LogP contribution is -2.03. The van der Waals surface area contributed by atoms with E-state index in [2.05, 4.69) is 5.10 Å². The number of hydrogen-bond acceptors (Lipinski definition) is 3. The summed E-state index contributed by atoms with van der Waals surface area (Å²) in [6, 6.07) is 15.0. The predicted molar refractivity (Wildman–Crippen MR) is 81.3 cm³/mol. The molecular formula is C17H13FN2O3. The lowest BCUT2D eigenvalue weighted by Gasteiger charge is -2.04. The number of benzene rings is 2. The van der Waals surface area contributed by atoms with Crippen molar-refractivity contribution < 1.29 is 19.0 Å². The fraction of sp³-hybridized carbons (Fsp3) is 0.0588. The van der Waals surface area contributed by atoms with E-state index in [9.17, 15) is 14.3 Å². The van der Waals surface area contributed by atoms with Gasteiger partial charge in [-0.05, 0) is 29.8 Å². The maximum atomic E-state index is 13.0. The van der Waals surface area contributed by atoms with Crippen LogP contribution in [0.4, 0.5) is 4.39 Å². The molecule has 1 aromatic heterocycles. The summed E-state index contributed by atoms with van der Waals surface area (Å²) < 4.78 is 19.9. The molecule has 0 unspecified atom stereocenters. The molecule has 0 saturated carbocycles. The fourth-order valence-electron chi connectivity index (χ4n) is 2.07. The largest absolute Gasteiger partial charge is 0.485 e. The Bertz CT molecular complexity index is 814. The van der Waals surface area contributed by atoms with Gasteiger partial charge in [0.2, 0.25) is 5.69 Å². The Morgan fingerprint density at radius 3 is 2.48 bits per heavy atom. The molecule has 5 nitrogen and oxygen atoms in total. The summed E-state index contributed by atoms with van der Waals surface area (Å²) in [5.74, 6) is -1.40. The van der Waals surface area contributed by atoms with Crippen LogP contribution in [-0.4, -0.2) is 20.9 Å². The average Bonchev–Trinajstić information content (AvgIpc) is 2.99. The Morgan fingerprint density at radius 1 is 1.13 bits per heavy atom. The van der Waals surface area contributed by atoms with Crippen molar-refractivity contribution in [2.75, 3.05) is 0 Å². The Morgan fingerprint density at radius 2 is 1.83 bits per heavy atom. The molecule has 0 fully saturated rings. The van der Waals surface area contributed by atoms with Crippen LogP contribution in [0.5, 0.6) is 5.75 Å². The number of ether oxygens (including phenoxy) is 1. The van der Waals surface area contributed by atoms with Crippen LogP contribution in [0.15, 0.2) is 60.8 Å². The van der Waals surface area contributed by atoms with Crippen LogP contribution in [0.2, 0.25) is 0 Å². The first-order chi connectivity index (χ1) is 11.1. The van der Waals surface area contributed by atoms with Crippen LogP contribution in [0.25, 0.3) is 5.69 Å². The maximum absolute atomic E-state index is 13.0. The number of nitrogens with zero attached hydrogens (tertiary/aromatic N) is 2. The fourth-order valence-corrected chi connectivity index (χ4v) is 2.07. The molecule has 0 aliphatic carbocycles. The van der Waals surface area contributed by atoms with E-state index in [0.717, 1.165) is 5.56 Å². The van der Waals surface area contributed by atoms with Crippen molar-refractivity contribution in [3.05, 3.63) is 77.9 Å². The van der Waals surface area contributed by atoms with E-state index in [1.807, 2.05) is 30.3 Å². The quantitative estimate of drug-likeness (QED) is 0.785. The predicted octanol–water partition coefficient (Wildman–Crippen LogP) is 3.29. The molecule has 0 spiro atoms. The van der Waals surface area contributed by atoms with Gasteiger partial charge < -0.3 is 9.84 Å². The monoisotopic (exact) mass is 312 g/mol. The molecule has 3 aromatic rings. The van der Waals surface area contributed by atoms with Crippen LogP contribution in [0, 0.1) is 5.82 Å². The summed E-state index contributed by atoms with van der Waals surface area (Å²) in [6.45, 7) is 0.232. The SMILES string of the molecule is O=C(O)c1nn(-c2ccc(F)cc2)cc1OCc1ccccc1. The van der Waals surface area contributed by atoms with Crippen LogP contribution in [0.3, 0.4) is 0 Å². The van der Waals surface area contributed by atoms with E-state index < -0.39 is 5.97 Å². The molecule has 0 radical (unpaired) electrons. The minimum atomic E-state index is -1.19. The summed E-state index contributed by atoms with van der Waals surface area (Å²) in [7, 11) is 0. The molecule has 1 N–H and O–H groups in total. The zero-order valence-electron chi connectivity index (χ0n) is 12.0. The number of halogens is 1. The van der Waals surface area contributed by atoms with Crippen molar-refractivity contribution >= 4 is 5.97 Å². The van der Waals surface area contributed by atoms with E-state index in [0.29, 0.717) is 5.69 Å². The van der Waals surface area contributed by atoms with Gasteiger partial charge >= 0.3 is 5.97 Å². The van der Waals surface area contributed by atoms with Crippen molar-refractivity contribution in [1.82, 2.24) is 9.78 Å². The highest BCUT2D eigenvalue weighted by Gasteiger charge is 2.18. The second kappa shape index (κ2) is 6.31. The smallest absolute Gasteiger partial charge is 0.360 e. The van der Waals surface area contributed by atoms with Gasteiger partial charge in [-0.25, -0.2) is 13.9 Å². The Balaban J connectivity index is 1.87. The number of carbonyl (C=O) groups is 1. The molecule has 0 aliphatic heterocycles. The highest BCUT2D eigenvalue weighted by Crippen LogP contribution is 2.21. The first-order valence-electron chi connectivity index (χ1n) is 6.89. The highest BCUT2D eigenvalue weighted by molar-refractivity contribution is 5.88. The molecule has 6 heteroatoms. The van der Waals surface area contributed by atoms with Gasteiger partial charge in [-0.15, -0.1) is 0 Å². The standard InChI is InChI=1S/C17H13FN2O3/c18-13-6-8-14(9-7-13)20-10-15(16(19-20)17(21)22)23-11-12-4-2-1-3-5-12/h1-10H,11H2,(H,21,22). The lowest BCUT2D eigenvalue weighted by molar-refractivity contribution is 0.0685. The molecule has 2 aromatic carbocycles. The zero-order valence-corrected chi connectivity index (χ0v) is 12.0. The van der Waals surface area contributed by atoms with Crippen molar-refractivity contribution in [3.8, 4) is 11.4 Å². The van der Waals surface area contributed by atoms with Gasteiger partial charge in [0.15, 0.2) is 5.75 Å². The highest BCUT2D eigenvalue weighted by atomic mass is 19.1. The molecule has 3 rings (SSSR count). The molecule has 1 heterocycles. The van der Waals surface area contributed by atoms with E-state index in [4.69, 9.17) is 4.74 Å². The minimum Gasteiger partial charge on any atom is -0.485 e. The number of rotatable bonds is 5. The van der Waals surface area contributed by atoms with Crippen molar-refractivity contribution in [2.45, 2.75) is 6.61 Å². The Kier molecular flexibility index (Phi) is 4.05. The maximum Gasteiger partial charge on any atom is 0.360 e. The van der Waals surface area contributed by atoms with Crippen molar-refractivity contribution in [3.63, 3.8) is 0 Å². The second-order valence-corrected chi connectivity index (χ2v) is 4.84. The van der Waals surface area contributed by atoms with Crippen LogP contribution >= 0.6 is 0 Å². The molecule has 0 atom stereocenters. The molecular weight excluding hydrogens is 299 g/mol. The van der Waals surface area contributed by atoms with E-state index in [1.165, 1.54) is 35.1 Å². The van der Waals surface area contributed by atoms with Gasteiger partial charge in [-0.2, -0.15) is 5.10 Å². The summed E-state index contributed by atoms with van der Waals surface area (Å²) in [6.07, 6.45) is 1.47. The minimum absolute atomic E-state index is 0.158. The Hall–Kier alpha value is -3.15. The normalized spacial score (nSPS) is 10.5. The summed E-state index contributed by atoms with van der Waals surface area (Å²) in [5.41, 5.74) is 1.27. The lowest BCUT2D eigenvalue weighted by atomic mass is 10.2. The first-order valence-corrected chi connectivity index (χ1v) is 6.89.